The lowest BCUT2D eigenvalue weighted by atomic mass is 10.2. The molecule has 0 aliphatic heterocycles. The van der Waals surface area contributed by atoms with Crippen molar-refractivity contribution < 1.29 is 18.0 Å². The zero-order valence-electron chi connectivity index (χ0n) is 11.3. The van der Waals surface area contributed by atoms with Crippen molar-refractivity contribution in [3.8, 4) is 0 Å². The van der Waals surface area contributed by atoms with E-state index < -0.39 is 11.7 Å². The van der Waals surface area contributed by atoms with Gasteiger partial charge in [-0.3, -0.25) is 4.79 Å². The molecule has 1 aliphatic rings. The lowest BCUT2D eigenvalue weighted by molar-refractivity contribution is -0.137. The summed E-state index contributed by atoms with van der Waals surface area (Å²) in [5.74, 6) is -0.223. The molecule has 1 amide bonds. The van der Waals surface area contributed by atoms with E-state index in [0.29, 0.717) is 16.5 Å². The van der Waals surface area contributed by atoms with Gasteiger partial charge in [0.1, 0.15) is 5.69 Å². The van der Waals surface area contributed by atoms with E-state index in [-0.39, 0.29) is 11.9 Å². The standard InChI is InChI=1S/C14H12F3N3OS/c15-14(16,17)8-1-3-10(4-2-8)19-13-20-11(7-22-13)12(21)18-9-5-6-9/h1-4,7,9H,5-6H2,(H,18,21)(H,19,20). The third kappa shape index (κ3) is 3.56. The summed E-state index contributed by atoms with van der Waals surface area (Å²) in [6.45, 7) is 0. The number of alkyl halides is 3. The monoisotopic (exact) mass is 327 g/mol. The molecular weight excluding hydrogens is 315 g/mol. The van der Waals surface area contributed by atoms with Gasteiger partial charge < -0.3 is 10.6 Å². The van der Waals surface area contributed by atoms with Gasteiger partial charge in [0.25, 0.3) is 5.91 Å². The van der Waals surface area contributed by atoms with Gasteiger partial charge in [-0.15, -0.1) is 11.3 Å². The van der Waals surface area contributed by atoms with E-state index in [0.717, 1.165) is 25.0 Å². The second kappa shape index (κ2) is 5.60. The van der Waals surface area contributed by atoms with Crippen LogP contribution in [0.4, 0.5) is 24.0 Å². The Bertz CT molecular complexity index is 677. The van der Waals surface area contributed by atoms with Crippen molar-refractivity contribution >= 4 is 28.1 Å². The summed E-state index contributed by atoms with van der Waals surface area (Å²) in [4.78, 5) is 15.9. The van der Waals surface area contributed by atoms with Crippen LogP contribution in [0, 0.1) is 0 Å². The molecule has 1 saturated carbocycles. The molecule has 0 spiro atoms. The molecule has 2 aromatic rings. The van der Waals surface area contributed by atoms with Crippen LogP contribution in [0.15, 0.2) is 29.6 Å². The number of anilines is 2. The molecular formula is C14H12F3N3OS. The molecule has 4 nitrogen and oxygen atoms in total. The first-order chi connectivity index (χ1) is 10.4. The Labute approximate surface area is 128 Å². The van der Waals surface area contributed by atoms with Crippen LogP contribution in [0.5, 0.6) is 0 Å². The number of aromatic nitrogens is 1. The topological polar surface area (TPSA) is 54.0 Å². The second-order valence-electron chi connectivity index (χ2n) is 4.99. The van der Waals surface area contributed by atoms with Crippen molar-refractivity contribution in [3.63, 3.8) is 0 Å². The van der Waals surface area contributed by atoms with Gasteiger partial charge in [0, 0.05) is 17.1 Å². The number of thiazole rings is 1. The number of nitrogens with one attached hydrogen (secondary N) is 2. The fourth-order valence-electron chi connectivity index (χ4n) is 1.79. The van der Waals surface area contributed by atoms with E-state index in [1.54, 1.807) is 5.38 Å². The van der Waals surface area contributed by atoms with Crippen molar-refractivity contribution in [1.82, 2.24) is 10.3 Å². The highest BCUT2D eigenvalue weighted by atomic mass is 32.1. The van der Waals surface area contributed by atoms with E-state index >= 15 is 0 Å². The van der Waals surface area contributed by atoms with Crippen LogP contribution in [0.25, 0.3) is 0 Å². The fraction of sp³-hybridized carbons (Fsp3) is 0.286. The van der Waals surface area contributed by atoms with E-state index in [2.05, 4.69) is 15.6 Å². The Morgan fingerprint density at radius 2 is 1.91 bits per heavy atom. The van der Waals surface area contributed by atoms with Crippen LogP contribution in [0.3, 0.4) is 0 Å². The highest BCUT2D eigenvalue weighted by molar-refractivity contribution is 7.14. The molecule has 1 fully saturated rings. The minimum Gasteiger partial charge on any atom is -0.348 e. The van der Waals surface area contributed by atoms with Crippen molar-refractivity contribution in [2.24, 2.45) is 0 Å². The largest absolute Gasteiger partial charge is 0.416 e. The second-order valence-corrected chi connectivity index (χ2v) is 5.84. The van der Waals surface area contributed by atoms with Crippen LogP contribution in [-0.2, 0) is 6.18 Å². The van der Waals surface area contributed by atoms with Crippen LogP contribution in [0.1, 0.15) is 28.9 Å². The summed E-state index contributed by atoms with van der Waals surface area (Å²) in [6, 6.07) is 4.90. The highest BCUT2D eigenvalue weighted by Gasteiger charge is 2.30. The average molecular weight is 327 g/mol. The Morgan fingerprint density at radius 3 is 2.50 bits per heavy atom. The molecule has 0 unspecified atom stereocenters. The van der Waals surface area contributed by atoms with Crippen molar-refractivity contribution in [2.75, 3.05) is 5.32 Å². The molecule has 1 aliphatic carbocycles. The number of halogens is 3. The van der Waals surface area contributed by atoms with Gasteiger partial charge in [0.2, 0.25) is 0 Å². The lowest BCUT2D eigenvalue weighted by Gasteiger charge is -2.07. The Kier molecular flexibility index (Phi) is 3.78. The van der Waals surface area contributed by atoms with E-state index in [1.165, 1.54) is 23.5 Å². The van der Waals surface area contributed by atoms with Gasteiger partial charge in [-0.2, -0.15) is 13.2 Å². The number of amides is 1. The van der Waals surface area contributed by atoms with Crippen molar-refractivity contribution in [2.45, 2.75) is 25.1 Å². The minimum absolute atomic E-state index is 0.223. The molecule has 0 atom stereocenters. The average Bonchev–Trinajstić information content (AvgIpc) is 3.14. The van der Waals surface area contributed by atoms with Crippen molar-refractivity contribution in [1.29, 1.82) is 0 Å². The normalized spacial score (nSPS) is 14.7. The SMILES string of the molecule is O=C(NC1CC1)c1csc(Nc2ccc(C(F)(F)F)cc2)n1. The fourth-order valence-corrected chi connectivity index (χ4v) is 2.50. The van der Waals surface area contributed by atoms with Gasteiger partial charge in [0.05, 0.1) is 5.56 Å². The molecule has 0 bridgehead atoms. The predicted octanol–water partition coefficient (Wildman–Crippen LogP) is 3.80. The number of carbonyl (C=O) groups excluding carboxylic acids is 1. The lowest BCUT2D eigenvalue weighted by Crippen LogP contribution is -2.25. The summed E-state index contributed by atoms with van der Waals surface area (Å²) in [5, 5.41) is 7.78. The first-order valence-corrected chi connectivity index (χ1v) is 7.50. The number of hydrogen-bond acceptors (Lipinski definition) is 4. The van der Waals surface area contributed by atoms with Gasteiger partial charge in [-0.05, 0) is 37.1 Å². The molecule has 3 rings (SSSR count). The van der Waals surface area contributed by atoms with Gasteiger partial charge in [0.15, 0.2) is 5.13 Å². The number of rotatable bonds is 4. The molecule has 0 radical (unpaired) electrons. The molecule has 2 N–H and O–H groups in total. The van der Waals surface area contributed by atoms with Crippen LogP contribution in [0.2, 0.25) is 0 Å². The highest BCUT2D eigenvalue weighted by Crippen LogP contribution is 2.30. The number of benzene rings is 1. The summed E-state index contributed by atoms with van der Waals surface area (Å²) in [6.07, 6.45) is -2.37. The van der Waals surface area contributed by atoms with Crippen molar-refractivity contribution in [3.05, 3.63) is 40.9 Å². The maximum atomic E-state index is 12.5. The Hall–Kier alpha value is -2.09. The molecule has 8 heteroatoms. The number of hydrogen-bond donors (Lipinski definition) is 2. The zero-order chi connectivity index (χ0) is 15.7. The summed E-state index contributed by atoms with van der Waals surface area (Å²) < 4.78 is 37.4. The van der Waals surface area contributed by atoms with Gasteiger partial charge in [-0.25, -0.2) is 4.98 Å². The first-order valence-electron chi connectivity index (χ1n) is 6.62. The molecule has 1 heterocycles. The Morgan fingerprint density at radius 1 is 1.23 bits per heavy atom. The molecule has 1 aromatic carbocycles. The van der Waals surface area contributed by atoms with Crippen LogP contribution >= 0.6 is 11.3 Å². The number of carbonyl (C=O) groups is 1. The predicted molar refractivity (Wildman–Crippen MR) is 77.3 cm³/mol. The van der Waals surface area contributed by atoms with E-state index in [1.807, 2.05) is 0 Å². The Balaban J connectivity index is 1.65. The smallest absolute Gasteiger partial charge is 0.348 e. The quantitative estimate of drug-likeness (QED) is 0.898. The van der Waals surface area contributed by atoms with E-state index in [4.69, 9.17) is 0 Å². The molecule has 0 saturated heterocycles. The van der Waals surface area contributed by atoms with E-state index in [9.17, 15) is 18.0 Å². The van der Waals surface area contributed by atoms with Crippen LogP contribution in [-0.4, -0.2) is 16.9 Å². The molecule has 116 valence electrons. The first kappa shape index (κ1) is 14.8. The zero-order valence-corrected chi connectivity index (χ0v) is 12.1. The number of nitrogens with zero attached hydrogens (tertiary/aromatic N) is 1. The molecule has 1 aromatic heterocycles. The van der Waals surface area contributed by atoms with Gasteiger partial charge >= 0.3 is 6.18 Å². The summed E-state index contributed by atoms with van der Waals surface area (Å²) >= 11 is 1.22. The minimum atomic E-state index is -4.35. The maximum absolute atomic E-state index is 12.5. The van der Waals surface area contributed by atoms with Gasteiger partial charge in [-0.1, -0.05) is 0 Å². The summed E-state index contributed by atoms with van der Waals surface area (Å²) in [7, 11) is 0. The summed E-state index contributed by atoms with van der Waals surface area (Å²) in [5.41, 5.74) is 0.0875. The molecule has 22 heavy (non-hydrogen) atoms. The third-order valence-electron chi connectivity index (χ3n) is 3.11. The van der Waals surface area contributed by atoms with Crippen LogP contribution < -0.4 is 10.6 Å². The third-order valence-corrected chi connectivity index (χ3v) is 3.87. The maximum Gasteiger partial charge on any atom is 0.416 e.